The molecule has 0 aliphatic carbocycles. The Kier molecular flexibility index (Phi) is 14.3. The molecule has 2 aromatic heterocycles. The number of amides is 4. The molecular formula is C32H48N10O16. The van der Waals surface area contributed by atoms with Crippen molar-refractivity contribution >= 4 is 23.6 Å². The van der Waals surface area contributed by atoms with Crippen molar-refractivity contribution in [1.82, 2.24) is 51.3 Å². The normalized spacial score (nSPS) is 34.6. The third-order valence-corrected chi connectivity index (χ3v) is 10.3. The molecule has 322 valence electrons. The Morgan fingerprint density at radius 1 is 0.586 bits per heavy atom. The van der Waals surface area contributed by atoms with Crippen molar-refractivity contribution < 1.29 is 79.0 Å². The van der Waals surface area contributed by atoms with Gasteiger partial charge in [0.15, 0.2) is 12.5 Å². The number of nitrogens with zero attached hydrogens (tertiary/aromatic N) is 6. The van der Waals surface area contributed by atoms with Crippen LogP contribution in [0.2, 0.25) is 0 Å². The highest BCUT2D eigenvalue weighted by Crippen LogP contribution is 2.39. The van der Waals surface area contributed by atoms with Gasteiger partial charge in [-0.1, -0.05) is 10.4 Å². The van der Waals surface area contributed by atoms with E-state index in [1.54, 1.807) is 21.8 Å². The molecule has 58 heavy (non-hydrogen) atoms. The number of fused-ring (bicyclic) bond motifs is 1. The first-order valence-electron chi connectivity index (χ1n) is 18.6. The Hall–Kier alpha value is -4.32. The summed E-state index contributed by atoms with van der Waals surface area (Å²) < 4.78 is 25.8. The number of ether oxygens (including phenoxy) is 4. The van der Waals surface area contributed by atoms with Crippen molar-refractivity contribution in [3.8, 4) is 0 Å². The van der Waals surface area contributed by atoms with E-state index in [0.29, 0.717) is 11.4 Å². The van der Waals surface area contributed by atoms with Crippen LogP contribution >= 0.6 is 0 Å². The van der Waals surface area contributed by atoms with Gasteiger partial charge in [-0.2, -0.15) is 0 Å². The number of carbonyl (C=O) groups is 4. The largest absolute Gasteiger partial charge is 0.394 e. The second-order valence-corrected chi connectivity index (χ2v) is 14.3. The molecular weight excluding hydrogens is 780 g/mol. The number of nitrogens with one attached hydrogen (secondary N) is 4. The lowest BCUT2D eigenvalue weighted by Crippen LogP contribution is -2.63. The maximum absolute atomic E-state index is 12.4. The minimum Gasteiger partial charge on any atom is -0.394 e. The fourth-order valence-corrected chi connectivity index (χ4v) is 6.94. The number of aromatic nitrogens is 6. The zero-order chi connectivity index (χ0) is 41.7. The molecule has 4 saturated heterocycles. The topological polar surface area (TPSA) is 377 Å². The third kappa shape index (κ3) is 9.92. The van der Waals surface area contributed by atoms with Crippen molar-refractivity contribution in [2.24, 2.45) is 0 Å². The molecule has 0 unspecified atom stereocenters. The van der Waals surface area contributed by atoms with Crippen LogP contribution in [-0.2, 0) is 51.2 Å². The number of carbonyl (C=O) groups excluding carboxylic acids is 4. The first-order valence-corrected chi connectivity index (χ1v) is 18.6. The molecule has 6 rings (SSSR count). The minimum atomic E-state index is -1.66. The maximum Gasteiger partial charge on any atom is 0.222 e. The Balaban J connectivity index is 0.892. The predicted octanol–water partition coefficient (Wildman–Crippen LogP) is -7.93. The lowest BCUT2D eigenvalue weighted by Gasteiger charge is -2.40. The van der Waals surface area contributed by atoms with Gasteiger partial charge in [0.1, 0.15) is 84.5 Å². The maximum atomic E-state index is 12.4. The zero-order valence-electron chi connectivity index (χ0n) is 30.8. The van der Waals surface area contributed by atoms with Gasteiger partial charge < -0.3 is 81.1 Å². The van der Waals surface area contributed by atoms with Gasteiger partial charge in [-0.05, 0) is 0 Å². The highest BCUT2D eigenvalue weighted by Gasteiger charge is 2.50. The van der Waals surface area contributed by atoms with Crippen molar-refractivity contribution in [2.75, 3.05) is 26.4 Å². The van der Waals surface area contributed by atoms with Crippen LogP contribution in [0.5, 0.6) is 0 Å². The fraction of sp³-hybridized carbons (Fsp3) is 0.750. The molecule has 0 spiro atoms. The molecule has 4 aliphatic heterocycles. The van der Waals surface area contributed by atoms with Gasteiger partial charge in [-0.3, -0.25) is 19.2 Å². The van der Waals surface area contributed by atoms with E-state index in [4.69, 9.17) is 18.9 Å². The quantitative estimate of drug-likeness (QED) is 0.0747. The summed E-state index contributed by atoms with van der Waals surface area (Å²) in [7, 11) is 0. The van der Waals surface area contributed by atoms with Crippen LogP contribution < -0.4 is 21.3 Å². The van der Waals surface area contributed by atoms with E-state index in [0.717, 1.165) is 0 Å². The van der Waals surface area contributed by atoms with Crippen LogP contribution in [0.4, 0.5) is 0 Å². The molecule has 4 amide bonds. The average Bonchev–Trinajstić information content (AvgIpc) is 4.04. The van der Waals surface area contributed by atoms with Crippen LogP contribution in [0.25, 0.3) is 0 Å². The minimum absolute atomic E-state index is 0.00589. The van der Waals surface area contributed by atoms with Crippen LogP contribution in [0, 0.1) is 0 Å². The van der Waals surface area contributed by atoms with E-state index in [9.17, 15) is 60.0 Å². The van der Waals surface area contributed by atoms with E-state index < -0.39 is 110 Å². The molecule has 4 aliphatic rings. The van der Waals surface area contributed by atoms with E-state index in [1.807, 2.05) is 0 Å². The Morgan fingerprint density at radius 3 is 1.34 bits per heavy atom. The smallest absolute Gasteiger partial charge is 0.222 e. The fourth-order valence-electron chi connectivity index (χ4n) is 6.94. The van der Waals surface area contributed by atoms with Crippen molar-refractivity contribution in [1.29, 1.82) is 0 Å². The van der Waals surface area contributed by atoms with E-state index in [2.05, 4.69) is 41.9 Å². The van der Waals surface area contributed by atoms with Crippen molar-refractivity contribution in [3.05, 3.63) is 23.8 Å². The van der Waals surface area contributed by atoms with Gasteiger partial charge in [0.25, 0.3) is 0 Å². The van der Waals surface area contributed by atoms with Crippen molar-refractivity contribution in [3.63, 3.8) is 0 Å². The molecule has 0 aromatic carbocycles. The predicted molar refractivity (Wildman–Crippen MR) is 184 cm³/mol. The van der Waals surface area contributed by atoms with Crippen LogP contribution in [0.15, 0.2) is 12.4 Å². The molecule has 14 atom stereocenters. The number of hydrogen-bond donors (Lipinski definition) is 12. The molecule has 26 heteroatoms. The average molecular weight is 829 g/mol. The van der Waals surface area contributed by atoms with Gasteiger partial charge in [0.05, 0.1) is 51.9 Å². The molecule has 4 fully saturated rings. The van der Waals surface area contributed by atoms with E-state index >= 15 is 0 Å². The summed E-state index contributed by atoms with van der Waals surface area (Å²) in [6, 6.07) is -0.698. The highest BCUT2D eigenvalue weighted by molar-refractivity contribution is 5.84. The van der Waals surface area contributed by atoms with E-state index in [-0.39, 0.29) is 64.1 Å². The first-order chi connectivity index (χ1) is 27.8. The second-order valence-electron chi connectivity index (χ2n) is 14.3. The third-order valence-electron chi connectivity index (χ3n) is 10.3. The van der Waals surface area contributed by atoms with Gasteiger partial charge in [0.2, 0.25) is 23.6 Å². The summed E-state index contributed by atoms with van der Waals surface area (Å²) >= 11 is 0. The second kappa shape index (κ2) is 19.2. The summed E-state index contributed by atoms with van der Waals surface area (Å²) in [5, 5.41) is 105. The molecule has 26 nitrogen and oxygen atoms in total. The van der Waals surface area contributed by atoms with Crippen LogP contribution in [-0.4, -0.2) is 194 Å². The van der Waals surface area contributed by atoms with Gasteiger partial charge >= 0.3 is 0 Å². The summed E-state index contributed by atoms with van der Waals surface area (Å²) in [6.45, 7) is -0.809. The van der Waals surface area contributed by atoms with Crippen LogP contribution in [0.1, 0.15) is 49.2 Å². The van der Waals surface area contributed by atoms with Crippen LogP contribution in [0.3, 0.4) is 0 Å². The molecule has 2 aromatic rings. The molecule has 12 N–H and O–H groups in total. The summed E-state index contributed by atoms with van der Waals surface area (Å²) in [4.78, 5) is 49.6. The van der Waals surface area contributed by atoms with Crippen molar-refractivity contribution in [2.45, 2.75) is 124 Å². The SMILES string of the molecule is O=C(CCC(=O)N[C@@H]1O[C@H](CO)[C@H](O)[C@H](O)[C@H]1O)NCc1cn([C@H]2CO[C@H]3[C@@H]2OC[C@@H]3n2cc(CNC(=O)CCC(=O)N[C@@H]3O[C@H](CO)[C@H](O)[C@H](O)[C@H]3O)nn2)nn1. The van der Waals surface area contributed by atoms with Gasteiger partial charge in [-0.15, -0.1) is 10.2 Å². The molecule has 0 radical (unpaired) electrons. The first kappa shape index (κ1) is 43.3. The van der Waals surface area contributed by atoms with Gasteiger partial charge in [0, 0.05) is 25.7 Å². The lowest BCUT2D eigenvalue weighted by atomic mass is 9.98. The number of aliphatic hydroxyl groups is 8. The number of rotatable bonds is 16. The summed E-state index contributed by atoms with van der Waals surface area (Å²) in [6.07, 6.45) is -13.5. The lowest BCUT2D eigenvalue weighted by molar-refractivity contribution is -0.236. The van der Waals surface area contributed by atoms with E-state index in [1.165, 1.54) is 0 Å². The summed E-state index contributed by atoms with van der Waals surface area (Å²) in [5.74, 6) is -2.29. The monoisotopic (exact) mass is 828 g/mol. The molecule has 0 saturated carbocycles. The Bertz CT molecular complexity index is 1610. The summed E-state index contributed by atoms with van der Waals surface area (Å²) in [5.41, 5.74) is 0.851. The van der Waals surface area contributed by atoms with Gasteiger partial charge in [-0.25, -0.2) is 9.36 Å². The number of aliphatic hydroxyl groups excluding tert-OH is 8. The Morgan fingerprint density at radius 2 is 0.966 bits per heavy atom. The highest BCUT2D eigenvalue weighted by atomic mass is 16.6. The molecule has 6 heterocycles. The standard InChI is InChI=1S/C32H48N10O16/c43-9-17-23(49)25(51)27(53)31(57-17)35-21(47)3-1-19(45)33-5-13-7-41(39-37-13)15-11-55-30-16(12-56-29(15)30)42-8-14(38-40-42)6-34-20(46)2-4-22(48)36-32-28(54)26(52)24(50)18(10-44)58-32/h7-8,15-18,23-32,43-44,49-54H,1-6,9-12H2,(H,33,45)(H,34,46)(H,35,47)(H,36,48)/t15-,16-,17+,18+,23-,24-,25-,26-,27+,28+,29+,30+,31+,32+/m0/s1. The Labute approximate surface area is 328 Å². The number of hydrogen-bond acceptors (Lipinski definition) is 20. The zero-order valence-corrected chi connectivity index (χ0v) is 30.8. The molecule has 0 bridgehead atoms.